The topological polar surface area (TPSA) is 44.5 Å². The number of hydrogen-bond donors (Lipinski definition) is 2. The second-order valence-corrected chi connectivity index (χ2v) is 39.7. The average molecular weight is 1590 g/mol. The molecular weight excluding hydrogens is 1440 g/mol. The molecule has 0 radical (unpaired) electrons. The number of aryl methyl sites for hydroxylation is 4. The van der Waals surface area contributed by atoms with Gasteiger partial charge in [-0.2, -0.15) is 0 Å². The van der Waals surface area contributed by atoms with Crippen molar-refractivity contribution in [3.8, 4) is 22.3 Å². The van der Waals surface area contributed by atoms with Gasteiger partial charge in [-0.25, -0.2) is 4.98 Å². The quantitative estimate of drug-likeness (QED) is 0.0785. The standard InChI is InChI=1S/C18H22.C16H18.C15H18.C14H16.C12H15N.2C12H18.C10H20.C7H12N2/c1-18(2,3)14-13-15-9-11-17(12-10-15)16-7-5-4-6-8-16;1-13(2)12-14-8-10-16(11-9-14)15-6-4-3-5-7-15;1-15(2,3)11-12-8-9-13-6-4-5-7-14(13)10-12;1-11(2)10-13-8-5-7-12-6-3-4-9-14(12)13;1-9(2)7-10-8-13-12-6-4-3-5-11(10)12;1-10(2)4-7-12-8-5-11(3)6-9-12;1-12(2,3)10-9-11-7-5-4-6-8-11;1-9(2)8-10-6-4-3-5-7-10;1-6(2)3-7-4-8-5-9-7/h4-12H,13-14H2,1-3H3;3-11,13H,12H2,1-2H3;4-10H,11H2,1-3H3;3-9,11H,10H2,1-2H3;3-6,8-9,13H,7H2,1-2H3;5-6,8-10H,4,7H2,1-3H3;4-8H,9-10H2,1-3H3;9-10H,3-8H2,1-2H3;4-6H,3H2,1-2H3,(H,8,9). The Morgan fingerprint density at radius 1 is 0.336 bits per heavy atom. The van der Waals surface area contributed by atoms with E-state index in [2.05, 4.69) is 446 Å². The third kappa shape index (κ3) is 42.5. The number of nitrogens with one attached hydrogen (secondary N) is 2. The van der Waals surface area contributed by atoms with Crippen LogP contribution in [0.3, 0.4) is 0 Å². The fourth-order valence-corrected chi connectivity index (χ4v) is 14.9. The minimum atomic E-state index is 0.364. The van der Waals surface area contributed by atoms with Crippen molar-refractivity contribution < 1.29 is 0 Å². The highest BCUT2D eigenvalue weighted by atomic mass is 14.9. The molecule has 14 rings (SSSR count). The molecule has 1 fully saturated rings. The third-order valence-corrected chi connectivity index (χ3v) is 21.1. The van der Waals surface area contributed by atoms with E-state index >= 15 is 0 Å². The van der Waals surface area contributed by atoms with Crippen LogP contribution >= 0.6 is 0 Å². The van der Waals surface area contributed by atoms with Crippen molar-refractivity contribution in [3.05, 3.63) is 342 Å². The van der Waals surface area contributed by atoms with Crippen LogP contribution < -0.4 is 0 Å². The Bertz CT molecular complexity index is 4730. The van der Waals surface area contributed by atoms with Crippen molar-refractivity contribution >= 4 is 32.4 Å². The highest BCUT2D eigenvalue weighted by Gasteiger charge is 2.16. The number of fused-ring (bicyclic) bond motifs is 3. The molecule has 0 saturated heterocycles. The van der Waals surface area contributed by atoms with Crippen LogP contribution in [0.1, 0.15) is 253 Å². The number of nitrogens with zero attached hydrogens (tertiary/aromatic N) is 1. The summed E-state index contributed by atoms with van der Waals surface area (Å²) in [6.45, 7) is 49.9. The van der Waals surface area contributed by atoms with Crippen LogP contribution in [0.5, 0.6) is 0 Å². The number of aromatic nitrogens is 3. The summed E-state index contributed by atoms with van der Waals surface area (Å²) >= 11 is 0. The molecule has 1 saturated carbocycles. The van der Waals surface area contributed by atoms with Crippen molar-refractivity contribution in [2.45, 2.75) is 261 Å². The Balaban J connectivity index is 0.000000209. The van der Waals surface area contributed by atoms with Gasteiger partial charge in [0, 0.05) is 29.0 Å². The molecule has 1 aliphatic rings. The van der Waals surface area contributed by atoms with Crippen LogP contribution in [-0.4, -0.2) is 15.0 Å². The Hall–Kier alpha value is -9.31. The largest absolute Gasteiger partial charge is 0.361 e. The molecular formula is C116H157N3. The fraction of sp³-hybridized carbons (Fsp3) is 0.422. The number of aromatic amines is 2. The summed E-state index contributed by atoms with van der Waals surface area (Å²) < 4.78 is 0. The van der Waals surface area contributed by atoms with Gasteiger partial charge in [0.15, 0.2) is 0 Å². The maximum absolute atomic E-state index is 3.92. The van der Waals surface area contributed by atoms with Gasteiger partial charge in [-0.3, -0.25) is 0 Å². The van der Waals surface area contributed by atoms with Crippen LogP contribution in [0.2, 0.25) is 0 Å². The maximum Gasteiger partial charge on any atom is 0.0921 e. The van der Waals surface area contributed by atoms with E-state index < -0.39 is 0 Å². The first-order valence-corrected chi connectivity index (χ1v) is 45.6. The second kappa shape index (κ2) is 52.7. The van der Waals surface area contributed by atoms with E-state index in [1.54, 1.807) is 6.33 Å². The van der Waals surface area contributed by atoms with Gasteiger partial charge in [0.05, 0.1) is 6.33 Å². The molecule has 11 aromatic carbocycles. The van der Waals surface area contributed by atoms with Crippen molar-refractivity contribution in [3.63, 3.8) is 0 Å². The molecule has 2 heterocycles. The Morgan fingerprint density at radius 2 is 0.773 bits per heavy atom. The number of rotatable bonds is 20. The Kier molecular flexibility index (Phi) is 43.6. The number of H-pyrrole nitrogens is 2. The van der Waals surface area contributed by atoms with Crippen LogP contribution in [0.25, 0.3) is 54.7 Å². The number of para-hydroxylation sites is 1. The highest BCUT2D eigenvalue weighted by molar-refractivity contribution is 5.86. The predicted octanol–water partition coefficient (Wildman–Crippen LogP) is 34.2. The van der Waals surface area contributed by atoms with E-state index in [9.17, 15) is 0 Å². The first-order valence-electron chi connectivity index (χ1n) is 45.6. The third-order valence-electron chi connectivity index (χ3n) is 21.1. The molecule has 119 heavy (non-hydrogen) atoms. The molecule has 3 nitrogen and oxygen atoms in total. The summed E-state index contributed by atoms with van der Waals surface area (Å²) in [5, 5.41) is 6.81. The van der Waals surface area contributed by atoms with Gasteiger partial charge in [-0.1, -0.05) is 450 Å². The molecule has 3 heteroatoms. The average Bonchev–Trinajstić information content (AvgIpc) is 1.26. The van der Waals surface area contributed by atoms with Gasteiger partial charge in [0.1, 0.15) is 0 Å². The lowest BCUT2D eigenvalue weighted by Gasteiger charge is -2.22. The highest BCUT2D eigenvalue weighted by Crippen LogP contribution is 2.31. The van der Waals surface area contributed by atoms with Gasteiger partial charge >= 0.3 is 0 Å². The normalized spacial score (nSPS) is 12.1. The SMILES string of the molecule is CC(C)(C)CCc1ccc(-c2ccccc2)cc1.CC(C)(C)CCc1ccccc1.CC(C)(C)Cc1ccc2ccccc2c1.CC(C)CC1CCCCC1.CC(C)Cc1c[nH]c2ccccc12.CC(C)Cc1ccc(-c2ccccc2)cc1.CC(C)Cc1cccc2ccccc12.CC(C)Cc1cnc[nH]1.Cc1ccc(CCC(C)C)cc1. The second-order valence-electron chi connectivity index (χ2n) is 39.7. The number of imidazole rings is 1. The van der Waals surface area contributed by atoms with E-state index in [4.69, 9.17) is 0 Å². The van der Waals surface area contributed by atoms with Crippen molar-refractivity contribution in [1.82, 2.24) is 15.0 Å². The van der Waals surface area contributed by atoms with Gasteiger partial charge in [0.2, 0.25) is 0 Å². The summed E-state index contributed by atoms with van der Waals surface area (Å²) in [5.74, 6) is 5.69. The number of benzene rings is 11. The van der Waals surface area contributed by atoms with Gasteiger partial charge < -0.3 is 9.97 Å². The van der Waals surface area contributed by atoms with Crippen molar-refractivity contribution in [2.75, 3.05) is 0 Å². The van der Waals surface area contributed by atoms with Crippen molar-refractivity contribution in [1.29, 1.82) is 0 Å². The first-order chi connectivity index (χ1) is 56.7. The maximum atomic E-state index is 3.92. The molecule has 0 unspecified atom stereocenters. The zero-order valence-corrected chi connectivity index (χ0v) is 78.2. The van der Waals surface area contributed by atoms with E-state index in [1.165, 1.54) is 188 Å². The predicted molar refractivity (Wildman–Crippen MR) is 528 cm³/mol. The molecule has 0 bridgehead atoms. The summed E-state index contributed by atoms with van der Waals surface area (Å²) in [4.78, 5) is 10.3. The lowest BCUT2D eigenvalue weighted by Crippen LogP contribution is -2.08. The van der Waals surface area contributed by atoms with E-state index in [0.29, 0.717) is 22.2 Å². The minimum absolute atomic E-state index is 0.364. The van der Waals surface area contributed by atoms with E-state index in [-0.39, 0.29) is 0 Å². The molecule has 636 valence electrons. The van der Waals surface area contributed by atoms with Crippen LogP contribution in [0.15, 0.2) is 292 Å². The van der Waals surface area contributed by atoms with Gasteiger partial charge in [-0.15, -0.1) is 0 Å². The molecule has 2 aromatic heterocycles. The van der Waals surface area contributed by atoms with Gasteiger partial charge in [-0.05, 0) is 230 Å². The first kappa shape index (κ1) is 98.5. The summed E-state index contributed by atoms with van der Waals surface area (Å²) in [7, 11) is 0. The van der Waals surface area contributed by atoms with Gasteiger partial charge in [0.25, 0.3) is 0 Å². The fourth-order valence-electron chi connectivity index (χ4n) is 14.9. The van der Waals surface area contributed by atoms with Crippen LogP contribution in [0, 0.1) is 64.6 Å². The molecule has 0 amide bonds. The lowest BCUT2D eigenvalue weighted by molar-refractivity contribution is 0.305. The summed E-state index contributed by atoms with van der Waals surface area (Å²) in [6.07, 6.45) is 27.8. The molecule has 1 aliphatic carbocycles. The van der Waals surface area contributed by atoms with E-state index in [1.807, 2.05) is 6.20 Å². The molecule has 13 aromatic rings. The summed E-state index contributed by atoms with van der Waals surface area (Å²) in [6, 6.07) is 97.4. The Morgan fingerprint density at radius 3 is 1.28 bits per heavy atom. The Labute approximate surface area is 726 Å². The van der Waals surface area contributed by atoms with Crippen molar-refractivity contribution in [2.24, 2.45) is 57.7 Å². The zero-order valence-electron chi connectivity index (χ0n) is 78.2. The molecule has 2 N–H and O–H groups in total. The molecule has 0 atom stereocenters. The zero-order chi connectivity index (χ0) is 86.6. The monoisotopic (exact) mass is 1590 g/mol. The number of hydrogen-bond acceptors (Lipinski definition) is 1. The van der Waals surface area contributed by atoms with Crippen LogP contribution in [0.4, 0.5) is 0 Å². The molecule has 0 spiro atoms. The minimum Gasteiger partial charge on any atom is -0.361 e. The molecule has 0 aliphatic heterocycles. The summed E-state index contributed by atoms with van der Waals surface area (Å²) in [5.41, 5.74) is 20.4. The smallest absolute Gasteiger partial charge is 0.0921 e. The lowest BCUT2D eigenvalue weighted by atomic mass is 9.84. The van der Waals surface area contributed by atoms with E-state index in [0.717, 1.165) is 61.2 Å². The van der Waals surface area contributed by atoms with Crippen LogP contribution in [-0.2, 0) is 51.4 Å².